The highest BCUT2D eigenvalue weighted by Gasteiger charge is 2.32. The largest absolute Gasteiger partial charge is 0.251 e. The lowest BCUT2D eigenvalue weighted by Gasteiger charge is -2.27. The monoisotopic (exact) mass is 287 g/mol. The molecule has 0 aliphatic rings. The molecular weight excluding hydrogens is 272 g/mol. The first-order valence-corrected chi connectivity index (χ1v) is 6.87. The minimum atomic E-state index is -0.629. The van der Waals surface area contributed by atoms with E-state index in [4.69, 9.17) is 11.6 Å². The van der Waals surface area contributed by atoms with Crippen molar-refractivity contribution in [1.29, 1.82) is 5.26 Å². The van der Waals surface area contributed by atoms with E-state index in [0.29, 0.717) is 11.6 Å². The molecule has 0 aliphatic heterocycles. The Morgan fingerprint density at radius 3 is 2.65 bits per heavy atom. The fourth-order valence-electron chi connectivity index (χ4n) is 2.26. The van der Waals surface area contributed by atoms with Gasteiger partial charge < -0.3 is 0 Å². The number of nitriles is 1. The van der Waals surface area contributed by atoms with Crippen LogP contribution in [0.3, 0.4) is 0 Å². The number of aromatic nitrogens is 3. The van der Waals surface area contributed by atoms with Crippen LogP contribution in [0, 0.1) is 18.3 Å². The molecule has 0 N–H and O–H groups in total. The minimum Gasteiger partial charge on any atom is -0.251 e. The van der Waals surface area contributed by atoms with Gasteiger partial charge in [-0.05, 0) is 24.1 Å². The third kappa shape index (κ3) is 3.17. The Bertz CT molecular complexity index is 571. The van der Waals surface area contributed by atoms with Gasteiger partial charge in [-0.25, -0.2) is 4.98 Å². The molecule has 0 fully saturated rings. The van der Waals surface area contributed by atoms with Crippen molar-refractivity contribution >= 4 is 11.6 Å². The molecule has 2 rings (SSSR count). The molecular formula is C15H16ClN4. The van der Waals surface area contributed by atoms with Crippen molar-refractivity contribution in [3.05, 3.63) is 54.4 Å². The van der Waals surface area contributed by atoms with E-state index in [1.807, 2.05) is 24.3 Å². The maximum Gasteiger partial charge on any atom is 0.137 e. The fourth-order valence-corrected chi connectivity index (χ4v) is 2.38. The highest BCUT2D eigenvalue weighted by atomic mass is 35.5. The molecule has 4 nitrogen and oxygen atoms in total. The van der Waals surface area contributed by atoms with Gasteiger partial charge >= 0.3 is 0 Å². The average molecular weight is 288 g/mol. The molecule has 1 aromatic carbocycles. The van der Waals surface area contributed by atoms with Gasteiger partial charge in [0.1, 0.15) is 18.1 Å². The Balaban J connectivity index is 2.36. The van der Waals surface area contributed by atoms with Gasteiger partial charge in [0.15, 0.2) is 0 Å². The van der Waals surface area contributed by atoms with Crippen LogP contribution in [0.2, 0.25) is 5.02 Å². The first-order chi connectivity index (χ1) is 9.70. The highest BCUT2D eigenvalue weighted by Crippen LogP contribution is 2.32. The van der Waals surface area contributed by atoms with Crippen LogP contribution in [-0.2, 0) is 12.0 Å². The normalized spacial score (nSPS) is 13.7. The summed E-state index contributed by atoms with van der Waals surface area (Å²) >= 11 is 5.93. The standard InChI is InChI=1S/C15H16ClN4/c1-2-3-8-15(9-17,10-20-12-18-11-19-20)13-4-6-14(16)7-5-13/h4-7,11-12H,1-3,8,10H2. The fraction of sp³-hybridized carbons (Fsp3) is 0.333. The zero-order valence-corrected chi connectivity index (χ0v) is 11.9. The SMILES string of the molecule is [CH2]CCCC(C#N)(Cn1cncn1)c1ccc(Cl)cc1. The quantitative estimate of drug-likeness (QED) is 0.818. The van der Waals surface area contributed by atoms with Crippen molar-refractivity contribution in [2.24, 2.45) is 0 Å². The Morgan fingerprint density at radius 1 is 1.35 bits per heavy atom. The Kier molecular flexibility index (Phi) is 4.75. The number of nitrogens with zero attached hydrogens (tertiary/aromatic N) is 4. The van der Waals surface area contributed by atoms with E-state index < -0.39 is 5.41 Å². The van der Waals surface area contributed by atoms with Gasteiger partial charge in [-0.2, -0.15) is 10.4 Å². The van der Waals surface area contributed by atoms with Gasteiger partial charge in [0, 0.05) is 5.02 Å². The van der Waals surface area contributed by atoms with Crippen LogP contribution in [0.25, 0.3) is 0 Å². The van der Waals surface area contributed by atoms with Crippen LogP contribution in [0.4, 0.5) is 0 Å². The summed E-state index contributed by atoms with van der Waals surface area (Å²) in [4.78, 5) is 3.94. The van der Waals surface area contributed by atoms with Crippen molar-refractivity contribution in [1.82, 2.24) is 14.8 Å². The van der Waals surface area contributed by atoms with Crippen LogP contribution >= 0.6 is 11.6 Å². The maximum atomic E-state index is 9.76. The van der Waals surface area contributed by atoms with Crippen LogP contribution in [0.15, 0.2) is 36.9 Å². The van der Waals surface area contributed by atoms with Crippen LogP contribution in [0.5, 0.6) is 0 Å². The summed E-state index contributed by atoms with van der Waals surface area (Å²) in [6.07, 6.45) is 5.52. The minimum absolute atomic E-state index is 0.477. The second-order valence-electron chi connectivity index (χ2n) is 4.75. The van der Waals surface area contributed by atoms with Gasteiger partial charge in [-0.1, -0.05) is 43.5 Å². The smallest absolute Gasteiger partial charge is 0.137 e. The molecule has 1 atom stereocenters. The van der Waals surface area contributed by atoms with Crippen molar-refractivity contribution in [2.75, 3.05) is 0 Å². The number of rotatable bonds is 6. The molecule has 1 unspecified atom stereocenters. The molecule has 0 spiro atoms. The van der Waals surface area contributed by atoms with Gasteiger partial charge in [-0.3, -0.25) is 4.68 Å². The summed E-state index contributed by atoms with van der Waals surface area (Å²) in [5.74, 6) is 0. The Morgan fingerprint density at radius 2 is 2.10 bits per heavy atom. The Hall–Kier alpha value is -1.86. The number of hydrogen-bond acceptors (Lipinski definition) is 3. The van der Waals surface area contributed by atoms with Crippen LogP contribution in [0.1, 0.15) is 24.8 Å². The van der Waals surface area contributed by atoms with E-state index in [0.717, 1.165) is 24.8 Å². The van der Waals surface area contributed by atoms with E-state index in [2.05, 4.69) is 23.1 Å². The van der Waals surface area contributed by atoms with Gasteiger partial charge in [0.25, 0.3) is 0 Å². The number of halogens is 1. The summed E-state index contributed by atoms with van der Waals surface area (Å²) in [5.41, 5.74) is 0.323. The lowest BCUT2D eigenvalue weighted by molar-refractivity contribution is 0.393. The topological polar surface area (TPSA) is 54.5 Å². The molecule has 0 aliphatic carbocycles. The van der Waals surface area contributed by atoms with E-state index in [-0.39, 0.29) is 0 Å². The number of benzene rings is 1. The van der Waals surface area contributed by atoms with Gasteiger partial charge in [0.2, 0.25) is 0 Å². The number of unbranched alkanes of at least 4 members (excludes halogenated alkanes) is 1. The summed E-state index contributed by atoms with van der Waals surface area (Å²) in [7, 11) is 0. The van der Waals surface area contributed by atoms with Crippen LogP contribution in [-0.4, -0.2) is 14.8 Å². The molecule has 103 valence electrons. The van der Waals surface area contributed by atoms with Crippen molar-refractivity contribution in [2.45, 2.75) is 31.2 Å². The third-order valence-corrected chi connectivity index (χ3v) is 3.61. The first-order valence-electron chi connectivity index (χ1n) is 6.49. The van der Waals surface area contributed by atoms with Gasteiger partial charge in [0.05, 0.1) is 12.6 Å². The molecule has 20 heavy (non-hydrogen) atoms. The van der Waals surface area contributed by atoms with Crippen LogP contribution < -0.4 is 0 Å². The van der Waals surface area contributed by atoms with E-state index in [9.17, 15) is 5.26 Å². The number of hydrogen-bond donors (Lipinski definition) is 0. The maximum absolute atomic E-state index is 9.76. The molecule has 1 aromatic heterocycles. The molecule has 1 heterocycles. The van der Waals surface area contributed by atoms with Gasteiger partial charge in [-0.15, -0.1) is 0 Å². The lowest BCUT2D eigenvalue weighted by Crippen LogP contribution is -2.30. The van der Waals surface area contributed by atoms with Crippen molar-refractivity contribution in [3.63, 3.8) is 0 Å². The predicted molar refractivity (Wildman–Crippen MR) is 78.0 cm³/mol. The van der Waals surface area contributed by atoms with E-state index in [1.54, 1.807) is 11.0 Å². The summed E-state index contributed by atoms with van der Waals surface area (Å²) < 4.78 is 1.70. The molecule has 0 bridgehead atoms. The summed E-state index contributed by atoms with van der Waals surface area (Å²) in [5, 5.41) is 14.5. The highest BCUT2D eigenvalue weighted by molar-refractivity contribution is 6.30. The first kappa shape index (κ1) is 14.5. The lowest BCUT2D eigenvalue weighted by atomic mass is 9.77. The second kappa shape index (κ2) is 6.53. The molecule has 2 aromatic rings. The van der Waals surface area contributed by atoms with E-state index in [1.165, 1.54) is 6.33 Å². The van der Waals surface area contributed by atoms with E-state index >= 15 is 0 Å². The molecule has 1 radical (unpaired) electrons. The summed E-state index contributed by atoms with van der Waals surface area (Å²) in [6, 6.07) is 9.91. The zero-order valence-electron chi connectivity index (χ0n) is 11.2. The average Bonchev–Trinajstić information content (AvgIpc) is 2.97. The second-order valence-corrected chi connectivity index (χ2v) is 5.19. The molecule has 0 amide bonds. The predicted octanol–water partition coefficient (Wildman–Crippen LogP) is 3.40. The molecule has 0 saturated carbocycles. The molecule has 5 heteroatoms. The third-order valence-electron chi connectivity index (χ3n) is 3.36. The van der Waals surface area contributed by atoms with Crippen molar-refractivity contribution in [3.8, 4) is 6.07 Å². The Labute approximate surface area is 124 Å². The molecule has 0 saturated heterocycles. The zero-order chi connectivity index (χ0) is 14.4. The summed E-state index contributed by atoms with van der Waals surface area (Å²) in [6.45, 7) is 4.34. The van der Waals surface area contributed by atoms with Crippen molar-refractivity contribution < 1.29 is 0 Å².